The molecule has 1 amide bonds. The van der Waals surface area contributed by atoms with Crippen molar-refractivity contribution in [3.05, 3.63) is 28.3 Å². The fourth-order valence-electron chi connectivity index (χ4n) is 4.07. The summed E-state index contributed by atoms with van der Waals surface area (Å²) >= 11 is 0. The minimum Gasteiger partial charge on any atom is -0.493 e. The Labute approximate surface area is 177 Å². The predicted octanol–water partition coefficient (Wildman–Crippen LogP) is 2.46. The molecule has 8 heteroatoms. The Bertz CT molecular complexity index is 943. The van der Waals surface area contributed by atoms with Crippen molar-refractivity contribution in [3.8, 4) is 11.5 Å². The van der Waals surface area contributed by atoms with E-state index in [2.05, 4.69) is 22.2 Å². The summed E-state index contributed by atoms with van der Waals surface area (Å²) in [7, 11) is 3.07. The van der Waals surface area contributed by atoms with Crippen LogP contribution in [0.3, 0.4) is 0 Å². The maximum atomic E-state index is 12.6. The van der Waals surface area contributed by atoms with E-state index >= 15 is 0 Å². The third-order valence-electron chi connectivity index (χ3n) is 5.91. The molecule has 2 N–H and O–H groups in total. The quantitative estimate of drug-likeness (QED) is 0.686. The first-order valence-electron chi connectivity index (χ1n) is 10.6. The highest BCUT2D eigenvalue weighted by molar-refractivity contribution is 5.82. The van der Waals surface area contributed by atoms with Crippen molar-refractivity contribution >= 4 is 16.8 Å². The van der Waals surface area contributed by atoms with Gasteiger partial charge in [0.15, 0.2) is 11.5 Å². The van der Waals surface area contributed by atoms with Gasteiger partial charge in [0.05, 0.1) is 38.2 Å². The molecule has 3 rings (SSSR count). The average molecular weight is 417 g/mol. The number of nitrogens with one attached hydrogen (secondary N) is 2. The number of fused-ring (bicyclic) bond motifs is 1. The van der Waals surface area contributed by atoms with Crippen molar-refractivity contribution in [2.75, 3.05) is 27.3 Å². The van der Waals surface area contributed by atoms with Crippen molar-refractivity contribution in [2.45, 2.75) is 52.1 Å². The Balaban J connectivity index is 1.73. The zero-order valence-electron chi connectivity index (χ0n) is 18.3. The van der Waals surface area contributed by atoms with E-state index < -0.39 is 0 Å². The van der Waals surface area contributed by atoms with Crippen LogP contribution in [0.25, 0.3) is 10.9 Å². The zero-order valence-corrected chi connectivity index (χ0v) is 18.3. The SMILES string of the molecule is CCN(CC(=O)N[C@H]1CCCC[C@@H]1C)Cc1nc2cc(OC)c(OC)cc2c(=O)[nH]1. The van der Waals surface area contributed by atoms with E-state index in [1.54, 1.807) is 19.2 Å². The molecule has 1 aromatic carbocycles. The highest BCUT2D eigenvalue weighted by Crippen LogP contribution is 2.30. The molecule has 0 radical (unpaired) electrons. The molecule has 2 atom stereocenters. The van der Waals surface area contributed by atoms with E-state index in [-0.39, 0.29) is 24.1 Å². The molecule has 1 saturated carbocycles. The Morgan fingerprint density at radius 1 is 1.23 bits per heavy atom. The summed E-state index contributed by atoms with van der Waals surface area (Å²) in [5, 5.41) is 3.62. The number of hydrogen-bond acceptors (Lipinski definition) is 6. The molecule has 0 bridgehead atoms. The number of H-pyrrole nitrogens is 1. The van der Waals surface area contributed by atoms with Gasteiger partial charge in [0, 0.05) is 12.1 Å². The number of benzene rings is 1. The molecule has 0 unspecified atom stereocenters. The summed E-state index contributed by atoms with van der Waals surface area (Å²) in [6.07, 6.45) is 4.62. The molecule has 1 aromatic heterocycles. The van der Waals surface area contributed by atoms with E-state index in [1.807, 2.05) is 11.8 Å². The number of methoxy groups -OCH3 is 2. The van der Waals surface area contributed by atoms with Gasteiger partial charge in [-0.3, -0.25) is 14.5 Å². The van der Waals surface area contributed by atoms with Crippen LogP contribution >= 0.6 is 0 Å². The minimum atomic E-state index is -0.243. The maximum Gasteiger partial charge on any atom is 0.258 e. The third-order valence-corrected chi connectivity index (χ3v) is 5.91. The number of carbonyl (C=O) groups excluding carboxylic acids is 1. The van der Waals surface area contributed by atoms with Crippen LogP contribution in [0.2, 0.25) is 0 Å². The van der Waals surface area contributed by atoms with Crippen LogP contribution in [0.1, 0.15) is 45.4 Å². The maximum absolute atomic E-state index is 12.6. The Morgan fingerprint density at radius 3 is 2.60 bits per heavy atom. The van der Waals surface area contributed by atoms with Crippen molar-refractivity contribution in [1.29, 1.82) is 0 Å². The second-order valence-electron chi connectivity index (χ2n) is 7.98. The lowest BCUT2D eigenvalue weighted by molar-refractivity contribution is -0.123. The van der Waals surface area contributed by atoms with Gasteiger partial charge >= 0.3 is 0 Å². The first-order valence-corrected chi connectivity index (χ1v) is 10.6. The molecule has 0 saturated heterocycles. The largest absolute Gasteiger partial charge is 0.493 e. The number of amides is 1. The van der Waals surface area contributed by atoms with Crippen LogP contribution in [0.4, 0.5) is 0 Å². The summed E-state index contributed by atoms with van der Waals surface area (Å²) in [5.41, 5.74) is 0.287. The molecule has 164 valence electrons. The number of carbonyl (C=O) groups is 1. The molecular formula is C22H32N4O4. The van der Waals surface area contributed by atoms with Crippen molar-refractivity contribution in [3.63, 3.8) is 0 Å². The van der Waals surface area contributed by atoms with E-state index in [0.29, 0.717) is 47.2 Å². The van der Waals surface area contributed by atoms with Gasteiger partial charge in [0.25, 0.3) is 5.56 Å². The topological polar surface area (TPSA) is 96.6 Å². The Hall–Kier alpha value is -2.61. The molecule has 0 spiro atoms. The van der Waals surface area contributed by atoms with Gasteiger partial charge in [-0.25, -0.2) is 4.98 Å². The van der Waals surface area contributed by atoms with Gasteiger partial charge in [-0.05, 0) is 31.4 Å². The standard InChI is InChI=1S/C22H32N4O4/c1-5-26(13-21(27)24-16-9-7-6-8-14(16)2)12-20-23-17-11-19(30-4)18(29-3)10-15(17)22(28)25-20/h10-11,14,16H,5-9,12-13H2,1-4H3,(H,24,27)(H,23,25,28)/t14-,16-/m0/s1. The number of rotatable bonds is 8. The van der Waals surface area contributed by atoms with E-state index in [0.717, 1.165) is 6.42 Å². The Kier molecular flexibility index (Phi) is 7.31. The smallest absolute Gasteiger partial charge is 0.258 e. The molecule has 1 fully saturated rings. The number of nitrogens with zero attached hydrogens (tertiary/aromatic N) is 2. The van der Waals surface area contributed by atoms with Gasteiger partial charge in [0.2, 0.25) is 5.91 Å². The van der Waals surface area contributed by atoms with Crippen LogP contribution in [0, 0.1) is 5.92 Å². The van der Waals surface area contributed by atoms with Crippen molar-refractivity contribution < 1.29 is 14.3 Å². The van der Waals surface area contributed by atoms with Crippen molar-refractivity contribution in [1.82, 2.24) is 20.2 Å². The molecule has 0 aliphatic heterocycles. The minimum absolute atomic E-state index is 0.0186. The summed E-state index contributed by atoms with van der Waals surface area (Å²) in [6, 6.07) is 3.58. The second kappa shape index (κ2) is 9.93. The molecule has 1 aliphatic rings. The summed E-state index contributed by atoms with van der Waals surface area (Å²) in [4.78, 5) is 34.5. The number of hydrogen-bond donors (Lipinski definition) is 2. The number of aromatic nitrogens is 2. The average Bonchev–Trinajstić information content (AvgIpc) is 2.74. The van der Waals surface area contributed by atoms with Crippen LogP contribution in [0.15, 0.2) is 16.9 Å². The molecule has 2 aromatic rings. The molecule has 8 nitrogen and oxygen atoms in total. The van der Waals surface area contributed by atoms with Crippen LogP contribution in [-0.2, 0) is 11.3 Å². The predicted molar refractivity (Wildman–Crippen MR) is 116 cm³/mol. The highest BCUT2D eigenvalue weighted by Gasteiger charge is 2.23. The van der Waals surface area contributed by atoms with Gasteiger partial charge in [-0.15, -0.1) is 0 Å². The lowest BCUT2D eigenvalue weighted by Crippen LogP contribution is -2.45. The van der Waals surface area contributed by atoms with Crippen LogP contribution in [-0.4, -0.2) is 54.1 Å². The third kappa shape index (κ3) is 5.11. The lowest BCUT2D eigenvalue weighted by atomic mass is 9.86. The first kappa shape index (κ1) is 22.1. The van der Waals surface area contributed by atoms with Crippen LogP contribution in [0.5, 0.6) is 11.5 Å². The lowest BCUT2D eigenvalue weighted by Gasteiger charge is -2.30. The molecular weight excluding hydrogens is 384 g/mol. The summed E-state index contributed by atoms with van der Waals surface area (Å²) in [5.74, 6) is 2.05. The van der Waals surface area contributed by atoms with Gasteiger partial charge in [-0.2, -0.15) is 0 Å². The summed E-state index contributed by atoms with van der Waals surface area (Å²) in [6.45, 7) is 5.51. The van der Waals surface area contributed by atoms with Crippen molar-refractivity contribution in [2.24, 2.45) is 5.92 Å². The summed E-state index contributed by atoms with van der Waals surface area (Å²) < 4.78 is 10.6. The van der Waals surface area contributed by atoms with E-state index in [4.69, 9.17) is 9.47 Å². The second-order valence-corrected chi connectivity index (χ2v) is 7.98. The monoisotopic (exact) mass is 416 g/mol. The first-order chi connectivity index (χ1) is 14.4. The molecule has 30 heavy (non-hydrogen) atoms. The molecule has 1 heterocycles. The van der Waals surface area contributed by atoms with E-state index in [9.17, 15) is 9.59 Å². The normalized spacial score (nSPS) is 19.1. The van der Waals surface area contributed by atoms with E-state index in [1.165, 1.54) is 26.4 Å². The highest BCUT2D eigenvalue weighted by atomic mass is 16.5. The fraction of sp³-hybridized carbons (Fsp3) is 0.591. The zero-order chi connectivity index (χ0) is 21.7. The number of ether oxygens (including phenoxy) is 2. The van der Waals surface area contributed by atoms with Gasteiger partial charge in [-0.1, -0.05) is 26.7 Å². The Morgan fingerprint density at radius 2 is 1.93 bits per heavy atom. The number of aromatic amines is 1. The number of likely N-dealkylation sites (N-methyl/N-ethyl adjacent to an activating group) is 1. The van der Waals surface area contributed by atoms with Crippen LogP contribution < -0.4 is 20.3 Å². The van der Waals surface area contributed by atoms with Gasteiger partial charge in [0.1, 0.15) is 5.82 Å². The van der Waals surface area contributed by atoms with Gasteiger partial charge < -0.3 is 19.8 Å². The fourth-order valence-corrected chi connectivity index (χ4v) is 4.07. The molecule has 1 aliphatic carbocycles.